The Morgan fingerprint density at radius 2 is 2.00 bits per heavy atom. The van der Waals surface area contributed by atoms with Gasteiger partial charge in [0.05, 0.1) is 0 Å². The molecule has 0 aliphatic rings. The van der Waals surface area contributed by atoms with Crippen LogP contribution in [0.2, 0.25) is 0 Å². The van der Waals surface area contributed by atoms with Gasteiger partial charge in [0.1, 0.15) is 5.88 Å². The number of alkyl halides is 1. The first-order valence-electron chi connectivity index (χ1n) is 3.84. The molecule has 0 aromatic carbocycles. The summed E-state index contributed by atoms with van der Waals surface area (Å²) in [6.07, 6.45) is 0. The fourth-order valence-electron chi connectivity index (χ4n) is 0.597. The maximum Gasteiger partial charge on any atom is 0.321 e. The van der Waals surface area contributed by atoms with Crippen molar-refractivity contribution < 1.29 is 9.59 Å². The molecule has 6 heteroatoms. The summed E-state index contributed by atoms with van der Waals surface area (Å²) in [6, 6.07) is -0.507. The zero-order valence-corrected chi connectivity index (χ0v) is 8.52. The third kappa shape index (κ3) is 7.55. The lowest BCUT2D eigenvalue weighted by Gasteiger charge is -2.10. The molecule has 0 saturated heterocycles. The first kappa shape index (κ1) is 12.2. The van der Waals surface area contributed by atoms with Gasteiger partial charge in [0, 0.05) is 13.1 Å². The zero-order valence-electron chi connectivity index (χ0n) is 7.76. The monoisotopic (exact) mass is 207 g/mol. The number of hydrogen-bond donors (Lipinski definition) is 2. The fraction of sp³-hybridized carbons (Fsp3) is 0.714. The van der Waals surface area contributed by atoms with E-state index in [1.54, 1.807) is 0 Å². The quantitative estimate of drug-likeness (QED) is 0.618. The van der Waals surface area contributed by atoms with Crippen LogP contribution in [-0.4, -0.2) is 49.9 Å². The van der Waals surface area contributed by atoms with E-state index in [0.29, 0.717) is 6.54 Å². The summed E-state index contributed by atoms with van der Waals surface area (Å²) >= 11 is 5.18. The van der Waals surface area contributed by atoms with Gasteiger partial charge in [-0.2, -0.15) is 0 Å². The molecule has 0 saturated carbocycles. The van der Waals surface area contributed by atoms with Crippen LogP contribution >= 0.6 is 11.6 Å². The average Bonchev–Trinajstić information content (AvgIpc) is 2.03. The van der Waals surface area contributed by atoms with Crippen molar-refractivity contribution >= 4 is 23.5 Å². The number of carbonyl (C=O) groups is 2. The van der Waals surface area contributed by atoms with Crippen LogP contribution in [0.3, 0.4) is 0 Å². The van der Waals surface area contributed by atoms with Crippen LogP contribution in [0.15, 0.2) is 0 Å². The van der Waals surface area contributed by atoms with Gasteiger partial charge in [0.25, 0.3) is 0 Å². The average molecular weight is 208 g/mol. The lowest BCUT2D eigenvalue weighted by Crippen LogP contribution is -2.42. The second-order valence-electron chi connectivity index (χ2n) is 2.74. The molecule has 0 radical (unpaired) electrons. The Morgan fingerprint density at radius 3 is 2.46 bits per heavy atom. The third-order valence-electron chi connectivity index (χ3n) is 1.22. The molecule has 76 valence electrons. The van der Waals surface area contributed by atoms with Gasteiger partial charge >= 0.3 is 6.03 Å². The number of nitrogens with one attached hydrogen (secondary N) is 2. The number of urea groups is 1. The van der Waals surface area contributed by atoms with E-state index in [1.807, 2.05) is 19.0 Å². The van der Waals surface area contributed by atoms with Gasteiger partial charge in [-0.25, -0.2) is 4.79 Å². The summed E-state index contributed by atoms with van der Waals surface area (Å²) in [5, 5.41) is 4.57. The highest BCUT2D eigenvalue weighted by Gasteiger charge is 2.04. The molecule has 3 amide bonds. The second kappa shape index (κ2) is 6.68. The van der Waals surface area contributed by atoms with E-state index in [-0.39, 0.29) is 5.88 Å². The van der Waals surface area contributed by atoms with Gasteiger partial charge < -0.3 is 10.2 Å². The van der Waals surface area contributed by atoms with Gasteiger partial charge in [0.15, 0.2) is 0 Å². The molecule has 0 atom stereocenters. The Kier molecular flexibility index (Phi) is 6.26. The van der Waals surface area contributed by atoms with Crippen molar-refractivity contribution in [3.8, 4) is 0 Å². The normalized spacial score (nSPS) is 9.85. The zero-order chi connectivity index (χ0) is 10.3. The Balaban J connectivity index is 3.46. The third-order valence-corrected chi connectivity index (χ3v) is 1.46. The lowest BCUT2D eigenvalue weighted by molar-refractivity contribution is -0.117. The number of likely N-dealkylation sites (N-methyl/N-ethyl adjacent to an activating group) is 1. The minimum Gasteiger partial charge on any atom is -0.337 e. The number of nitrogens with zero attached hydrogens (tertiary/aromatic N) is 1. The number of carbonyl (C=O) groups excluding carboxylic acids is 2. The Bertz CT molecular complexity index is 185. The van der Waals surface area contributed by atoms with Gasteiger partial charge in [-0.15, -0.1) is 11.6 Å². The lowest BCUT2D eigenvalue weighted by atomic mass is 10.6. The van der Waals surface area contributed by atoms with Crippen molar-refractivity contribution in [2.75, 3.05) is 33.1 Å². The molecular formula is C7H14ClN3O2. The van der Waals surface area contributed by atoms with Gasteiger partial charge in [-0.1, -0.05) is 0 Å². The highest BCUT2D eigenvalue weighted by molar-refractivity contribution is 6.28. The van der Waals surface area contributed by atoms with Crippen molar-refractivity contribution in [2.24, 2.45) is 0 Å². The van der Waals surface area contributed by atoms with Crippen molar-refractivity contribution in [3.63, 3.8) is 0 Å². The van der Waals surface area contributed by atoms with Gasteiger partial charge in [-0.05, 0) is 14.1 Å². The summed E-state index contributed by atoms with van der Waals surface area (Å²) in [5.74, 6) is -0.704. The van der Waals surface area contributed by atoms with Crippen LogP contribution < -0.4 is 10.6 Å². The van der Waals surface area contributed by atoms with Crippen molar-refractivity contribution in [1.82, 2.24) is 15.5 Å². The van der Waals surface area contributed by atoms with Crippen LogP contribution in [0, 0.1) is 0 Å². The second-order valence-corrected chi connectivity index (χ2v) is 3.01. The van der Waals surface area contributed by atoms with E-state index in [9.17, 15) is 9.59 Å². The minimum absolute atomic E-state index is 0.207. The van der Waals surface area contributed by atoms with Crippen molar-refractivity contribution in [1.29, 1.82) is 0 Å². The summed E-state index contributed by atoms with van der Waals surface area (Å²) < 4.78 is 0. The molecule has 5 nitrogen and oxygen atoms in total. The first-order valence-corrected chi connectivity index (χ1v) is 4.38. The van der Waals surface area contributed by atoms with Crippen LogP contribution in [0.1, 0.15) is 0 Å². The highest BCUT2D eigenvalue weighted by Crippen LogP contribution is 1.75. The summed E-state index contributed by atoms with van der Waals surface area (Å²) in [6.45, 7) is 1.22. The standard InChI is InChI=1S/C7H14ClN3O2/c1-11(2)4-3-9-7(13)10-6(12)5-8/h3-5H2,1-2H3,(H2,9,10,12,13). The predicted molar refractivity (Wildman–Crippen MR) is 50.8 cm³/mol. The van der Waals surface area contributed by atoms with Crippen molar-refractivity contribution in [2.45, 2.75) is 0 Å². The van der Waals surface area contributed by atoms with E-state index < -0.39 is 11.9 Å². The largest absolute Gasteiger partial charge is 0.337 e. The Hall–Kier alpha value is -0.810. The fourth-order valence-corrected chi connectivity index (χ4v) is 0.664. The number of amides is 3. The van der Waals surface area contributed by atoms with Crippen LogP contribution in [-0.2, 0) is 4.79 Å². The highest BCUT2D eigenvalue weighted by atomic mass is 35.5. The maximum absolute atomic E-state index is 10.9. The van der Waals surface area contributed by atoms with E-state index in [1.165, 1.54) is 0 Å². The molecule has 0 rings (SSSR count). The molecule has 0 spiro atoms. The van der Waals surface area contributed by atoms with E-state index in [2.05, 4.69) is 10.6 Å². The molecule has 0 unspecified atom stereocenters. The summed E-state index contributed by atoms with van der Waals surface area (Å²) in [4.78, 5) is 23.4. The molecule has 2 N–H and O–H groups in total. The maximum atomic E-state index is 10.9. The minimum atomic E-state index is -0.507. The van der Waals surface area contributed by atoms with Crippen LogP contribution in [0.25, 0.3) is 0 Å². The molecule has 0 aromatic heterocycles. The van der Waals surface area contributed by atoms with E-state index in [0.717, 1.165) is 6.54 Å². The molecule has 0 fully saturated rings. The van der Waals surface area contributed by atoms with Gasteiger partial charge in [-0.3, -0.25) is 10.1 Å². The van der Waals surface area contributed by atoms with Crippen molar-refractivity contribution in [3.05, 3.63) is 0 Å². The molecule has 0 heterocycles. The molecule has 0 aromatic rings. The smallest absolute Gasteiger partial charge is 0.321 e. The van der Waals surface area contributed by atoms with Gasteiger partial charge in [0.2, 0.25) is 5.91 Å². The Labute approximate surface area is 82.4 Å². The molecule has 0 bridgehead atoms. The Morgan fingerprint density at radius 1 is 1.38 bits per heavy atom. The number of imide groups is 1. The van der Waals surface area contributed by atoms with Crippen LogP contribution in [0.4, 0.5) is 4.79 Å². The predicted octanol–water partition coefficient (Wildman–Crippen LogP) is -0.387. The SMILES string of the molecule is CN(C)CCNC(=O)NC(=O)CCl. The van der Waals surface area contributed by atoms with E-state index in [4.69, 9.17) is 11.6 Å². The molecule has 13 heavy (non-hydrogen) atoms. The first-order chi connectivity index (χ1) is 6.06. The summed E-state index contributed by atoms with van der Waals surface area (Å²) in [5.41, 5.74) is 0. The topological polar surface area (TPSA) is 61.4 Å². The number of hydrogen-bond acceptors (Lipinski definition) is 3. The molecular weight excluding hydrogens is 194 g/mol. The van der Waals surface area contributed by atoms with Crippen LogP contribution in [0.5, 0.6) is 0 Å². The van der Waals surface area contributed by atoms with E-state index >= 15 is 0 Å². The number of halogens is 1. The molecule has 0 aliphatic carbocycles. The molecule has 0 aliphatic heterocycles. The number of rotatable bonds is 4. The summed E-state index contributed by atoms with van der Waals surface area (Å²) in [7, 11) is 3.78.